The number of halogens is 2. The van der Waals surface area contributed by atoms with Gasteiger partial charge in [-0.1, -0.05) is 28.1 Å². The summed E-state index contributed by atoms with van der Waals surface area (Å²) >= 11 is 7.03. The summed E-state index contributed by atoms with van der Waals surface area (Å²) in [5.41, 5.74) is 4.42. The van der Waals surface area contributed by atoms with Gasteiger partial charge in [-0.15, -0.1) is 0 Å². The molecule has 2 nitrogen and oxygen atoms in total. The first-order valence-electron chi connectivity index (χ1n) is 6.67. The van der Waals surface area contributed by atoms with Gasteiger partial charge in [-0.25, -0.2) is 0 Å². The highest BCUT2D eigenvalue weighted by atomic mass is 79.9. The number of benzene rings is 2. The van der Waals surface area contributed by atoms with Crippen molar-refractivity contribution < 1.29 is 0 Å². The molecule has 0 radical (unpaired) electrons. The number of hydrogen-bond donors (Lipinski definition) is 1. The number of pyridine rings is 1. The van der Waals surface area contributed by atoms with Crippen LogP contribution in [0.25, 0.3) is 10.9 Å². The number of nitrogens with one attached hydrogen (secondary N) is 1. The van der Waals surface area contributed by atoms with E-state index >= 15 is 0 Å². The van der Waals surface area contributed by atoms with E-state index in [1.807, 2.05) is 25.1 Å². The molecule has 0 aliphatic carbocycles. The van der Waals surface area contributed by atoms with Crippen LogP contribution in [0.15, 0.2) is 57.5 Å². The van der Waals surface area contributed by atoms with Crippen molar-refractivity contribution in [2.75, 3.05) is 5.32 Å². The van der Waals surface area contributed by atoms with Gasteiger partial charge in [-0.05, 0) is 64.8 Å². The van der Waals surface area contributed by atoms with Crippen LogP contribution in [0, 0.1) is 6.92 Å². The summed E-state index contributed by atoms with van der Waals surface area (Å²) in [6.07, 6.45) is 0. The average molecular weight is 406 g/mol. The number of anilines is 1. The molecular formula is C17H14Br2N2. The van der Waals surface area contributed by atoms with Gasteiger partial charge in [0.2, 0.25) is 0 Å². The van der Waals surface area contributed by atoms with Crippen LogP contribution in [0.5, 0.6) is 0 Å². The van der Waals surface area contributed by atoms with E-state index < -0.39 is 0 Å². The molecule has 0 saturated heterocycles. The van der Waals surface area contributed by atoms with Gasteiger partial charge in [0.25, 0.3) is 0 Å². The first-order valence-corrected chi connectivity index (χ1v) is 8.26. The predicted molar refractivity (Wildman–Crippen MR) is 95.6 cm³/mol. The molecule has 0 aliphatic heterocycles. The topological polar surface area (TPSA) is 24.9 Å². The number of hydrogen-bond acceptors (Lipinski definition) is 2. The summed E-state index contributed by atoms with van der Waals surface area (Å²) in [6, 6.07) is 16.7. The van der Waals surface area contributed by atoms with E-state index in [-0.39, 0.29) is 0 Å². The van der Waals surface area contributed by atoms with Gasteiger partial charge in [0.1, 0.15) is 0 Å². The zero-order valence-electron chi connectivity index (χ0n) is 11.5. The Hall–Kier alpha value is -1.39. The zero-order chi connectivity index (χ0) is 14.8. The van der Waals surface area contributed by atoms with Gasteiger partial charge in [0.15, 0.2) is 0 Å². The van der Waals surface area contributed by atoms with Crippen molar-refractivity contribution >= 4 is 48.5 Å². The Morgan fingerprint density at radius 2 is 1.86 bits per heavy atom. The largest absolute Gasteiger partial charge is 0.380 e. The van der Waals surface area contributed by atoms with Gasteiger partial charge in [-0.3, -0.25) is 4.98 Å². The Labute approximate surface area is 140 Å². The van der Waals surface area contributed by atoms with Crippen molar-refractivity contribution in [3.05, 3.63) is 68.7 Å². The normalized spacial score (nSPS) is 10.8. The summed E-state index contributed by atoms with van der Waals surface area (Å²) < 4.78 is 2.11. The molecule has 4 heteroatoms. The first-order chi connectivity index (χ1) is 10.1. The Morgan fingerprint density at radius 3 is 2.67 bits per heavy atom. The molecule has 106 valence electrons. The van der Waals surface area contributed by atoms with Crippen molar-refractivity contribution in [3.63, 3.8) is 0 Å². The van der Waals surface area contributed by atoms with Crippen molar-refractivity contribution in [2.24, 2.45) is 0 Å². The molecule has 0 spiro atoms. The van der Waals surface area contributed by atoms with Crippen LogP contribution in [0.1, 0.15) is 11.3 Å². The van der Waals surface area contributed by atoms with Crippen LogP contribution >= 0.6 is 31.9 Å². The highest BCUT2D eigenvalue weighted by Crippen LogP contribution is 2.26. The van der Waals surface area contributed by atoms with Gasteiger partial charge in [0, 0.05) is 32.3 Å². The van der Waals surface area contributed by atoms with Crippen LogP contribution in [-0.2, 0) is 6.54 Å². The van der Waals surface area contributed by atoms with Gasteiger partial charge in [-0.2, -0.15) is 0 Å². The molecule has 0 fully saturated rings. The molecule has 2 aromatic carbocycles. The second-order valence-corrected chi connectivity index (χ2v) is 6.73. The Kier molecular flexibility index (Phi) is 4.27. The molecule has 0 bridgehead atoms. The number of aromatic nitrogens is 1. The average Bonchev–Trinajstić information content (AvgIpc) is 2.46. The molecule has 1 heterocycles. The molecule has 21 heavy (non-hydrogen) atoms. The standard InChI is InChI=1S/C17H14Br2N2/c1-11-2-4-13-8-12(3-6-16(13)21-11)10-20-17-7-5-14(18)9-15(17)19/h2-9,20H,10H2,1H3. The molecule has 3 aromatic rings. The van der Waals surface area contributed by atoms with Crippen LogP contribution < -0.4 is 5.32 Å². The first kappa shape index (κ1) is 14.5. The van der Waals surface area contributed by atoms with Gasteiger partial charge in [0.05, 0.1) is 5.52 Å². The van der Waals surface area contributed by atoms with Gasteiger partial charge < -0.3 is 5.32 Å². The van der Waals surface area contributed by atoms with Crippen LogP contribution in [0.4, 0.5) is 5.69 Å². The van der Waals surface area contributed by atoms with E-state index in [0.29, 0.717) is 0 Å². The number of fused-ring (bicyclic) bond motifs is 1. The molecule has 0 unspecified atom stereocenters. The van der Waals surface area contributed by atoms with Crippen LogP contribution in [0.2, 0.25) is 0 Å². The fourth-order valence-corrected chi connectivity index (χ4v) is 3.40. The molecule has 3 rings (SSSR count). The predicted octanol–water partition coefficient (Wildman–Crippen LogP) is 5.68. The molecule has 0 amide bonds. The Balaban J connectivity index is 1.80. The molecule has 0 saturated carbocycles. The second-order valence-electron chi connectivity index (χ2n) is 4.96. The molecular weight excluding hydrogens is 392 g/mol. The third-order valence-electron chi connectivity index (χ3n) is 3.31. The van der Waals surface area contributed by atoms with E-state index in [1.54, 1.807) is 0 Å². The maximum Gasteiger partial charge on any atom is 0.0705 e. The smallest absolute Gasteiger partial charge is 0.0705 e. The molecule has 1 N–H and O–H groups in total. The zero-order valence-corrected chi connectivity index (χ0v) is 14.7. The maximum atomic E-state index is 4.53. The SMILES string of the molecule is Cc1ccc2cc(CNc3ccc(Br)cc3Br)ccc2n1. The van der Waals surface area contributed by atoms with Gasteiger partial charge >= 0.3 is 0 Å². The lowest BCUT2D eigenvalue weighted by molar-refractivity contribution is 1.15. The molecule has 0 atom stereocenters. The lowest BCUT2D eigenvalue weighted by Crippen LogP contribution is -2.00. The monoisotopic (exact) mass is 404 g/mol. The third-order valence-corrected chi connectivity index (χ3v) is 4.46. The van der Waals surface area contributed by atoms with Crippen molar-refractivity contribution in [1.82, 2.24) is 4.98 Å². The summed E-state index contributed by atoms with van der Waals surface area (Å²) in [7, 11) is 0. The van der Waals surface area contributed by atoms with Crippen LogP contribution in [0.3, 0.4) is 0 Å². The molecule has 0 aliphatic rings. The van der Waals surface area contributed by atoms with E-state index in [0.717, 1.165) is 32.4 Å². The lowest BCUT2D eigenvalue weighted by Gasteiger charge is -2.10. The summed E-state index contributed by atoms with van der Waals surface area (Å²) in [6.45, 7) is 2.80. The number of aryl methyl sites for hydroxylation is 1. The van der Waals surface area contributed by atoms with Crippen molar-refractivity contribution in [2.45, 2.75) is 13.5 Å². The van der Waals surface area contributed by atoms with E-state index in [2.05, 4.69) is 72.5 Å². The fourth-order valence-electron chi connectivity index (χ4n) is 2.22. The van der Waals surface area contributed by atoms with Crippen molar-refractivity contribution in [3.8, 4) is 0 Å². The number of nitrogens with zero attached hydrogens (tertiary/aromatic N) is 1. The Bertz CT molecular complexity index is 800. The minimum atomic E-state index is 0.782. The van der Waals surface area contributed by atoms with E-state index in [1.165, 1.54) is 10.9 Å². The van der Waals surface area contributed by atoms with Crippen LogP contribution in [-0.4, -0.2) is 4.98 Å². The quantitative estimate of drug-likeness (QED) is 0.606. The second kappa shape index (κ2) is 6.16. The fraction of sp³-hybridized carbons (Fsp3) is 0.118. The van der Waals surface area contributed by atoms with Crippen molar-refractivity contribution in [1.29, 1.82) is 0 Å². The summed E-state index contributed by atoms with van der Waals surface area (Å²) in [4.78, 5) is 4.53. The Morgan fingerprint density at radius 1 is 1.00 bits per heavy atom. The summed E-state index contributed by atoms with van der Waals surface area (Å²) in [5, 5.41) is 4.62. The minimum Gasteiger partial charge on any atom is -0.380 e. The third kappa shape index (κ3) is 3.44. The highest BCUT2D eigenvalue weighted by molar-refractivity contribution is 9.11. The maximum absolute atomic E-state index is 4.53. The highest BCUT2D eigenvalue weighted by Gasteiger charge is 2.02. The summed E-state index contributed by atoms with van der Waals surface area (Å²) in [5.74, 6) is 0. The van der Waals surface area contributed by atoms with E-state index in [9.17, 15) is 0 Å². The minimum absolute atomic E-state index is 0.782. The number of rotatable bonds is 3. The molecule has 1 aromatic heterocycles. The van der Waals surface area contributed by atoms with E-state index in [4.69, 9.17) is 0 Å². The lowest BCUT2D eigenvalue weighted by atomic mass is 10.1.